The predicted molar refractivity (Wildman–Crippen MR) is 94.2 cm³/mol. The number of urea groups is 1. The van der Waals surface area contributed by atoms with E-state index in [1.165, 1.54) is 19.2 Å². The minimum Gasteiger partial charge on any atom is -0.755 e. The maximum Gasteiger partial charge on any atom is 0.340 e. The summed E-state index contributed by atoms with van der Waals surface area (Å²) in [4.78, 5) is 24.1. The summed E-state index contributed by atoms with van der Waals surface area (Å²) in [6.45, 7) is 1.71. The summed E-state index contributed by atoms with van der Waals surface area (Å²) in [6.07, 6.45) is 0. The zero-order chi connectivity index (χ0) is 19.1. The number of rotatable bonds is 7. The molecule has 140 valence electrons. The molecule has 1 aromatic heterocycles. The topological polar surface area (TPSA) is 130 Å². The van der Waals surface area contributed by atoms with Gasteiger partial charge in [-0.15, -0.1) is 11.6 Å². The summed E-state index contributed by atoms with van der Waals surface area (Å²) in [5.74, 6) is 0.504. The lowest BCUT2D eigenvalue weighted by Gasteiger charge is -2.25. The number of carbonyl (C=O) groups is 1. The van der Waals surface area contributed by atoms with Gasteiger partial charge in [0.1, 0.15) is 23.9 Å². The summed E-state index contributed by atoms with van der Waals surface area (Å²) in [5, 5.41) is 2.29. The highest BCUT2D eigenvalue weighted by Gasteiger charge is 2.22. The molecule has 2 rings (SSSR count). The first-order chi connectivity index (χ1) is 12.5. The fourth-order valence-electron chi connectivity index (χ4n) is 1.90. The number of methoxy groups -OCH3 is 1. The summed E-state index contributed by atoms with van der Waals surface area (Å²) in [7, 11) is 1.35. The number of halogens is 1. The molecule has 0 saturated heterocycles. The van der Waals surface area contributed by atoms with E-state index in [1.807, 2.05) is 0 Å². The van der Waals surface area contributed by atoms with Crippen LogP contribution in [0.4, 0.5) is 16.4 Å². The van der Waals surface area contributed by atoms with Gasteiger partial charge in [0.05, 0.1) is 24.3 Å². The third kappa shape index (κ3) is 5.00. The SMILES string of the molecule is COc1nc(C)nc(NC(=O)N(c2ccccc2OCCCl)S(=O)[O-])n1. The molecule has 0 aliphatic rings. The van der Waals surface area contributed by atoms with Crippen molar-refractivity contribution in [3.8, 4) is 11.8 Å². The third-order valence-corrected chi connectivity index (χ3v) is 3.70. The van der Waals surface area contributed by atoms with Gasteiger partial charge in [0.15, 0.2) is 0 Å². The van der Waals surface area contributed by atoms with Crippen LogP contribution in [-0.2, 0) is 11.3 Å². The first kappa shape index (κ1) is 19.8. The largest absolute Gasteiger partial charge is 0.755 e. The zero-order valence-corrected chi connectivity index (χ0v) is 15.4. The van der Waals surface area contributed by atoms with Crippen LogP contribution in [0.15, 0.2) is 24.3 Å². The molecule has 12 heteroatoms. The molecule has 0 bridgehead atoms. The molecule has 0 saturated carbocycles. The molecule has 1 N–H and O–H groups in total. The second-order valence-electron chi connectivity index (χ2n) is 4.64. The van der Waals surface area contributed by atoms with Crippen molar-refractivity contribution in [2.24, 2.45) is 0 Å². The van der Waals surface area contributed by atoms with Crippen LogP contribution in [0, 0.1) is 6.92 Å². The maximum absolute atomic E-state index is 12.5. The molecule has 0 aliphatic carbocycles. The van der Waals surface area contributed by atoms with Crippen LogP contribution < -0.4 is 19.1 Å². The van der Waals surface area contributed by atoms with E-state index in [2.05, 4.69) is 20.3 Å². The van der Waals surface area contributed by atoms with Crippen molar-refractivity contribution < 1.29 is 23.0 Å². The number of alkyl halides is 1. The van der Waals surface area contributed by atoms with Crippen LogP contribution in [0.25, 0.3) is 0 Å². The van der Waals surface area contributed by atoms with Crippen LogP contribution in [0.5, 0.6) is 11.8 Å². The number of nitrogens with one attached hydrogen (secondary N) is 1. The van der Waals surface area contributed by atoms with Gasteiger partial charge in [-0.1, -0.05) is 12.1 Å². The summed E-state index contributed by atoms with van der Waals surface area (Å²) < 4.78 is 34.1. The van der Waals surface area contributed by atoms with Gasteiger partial charge in [0.2, 0.25) is 5.95 Å². The average molecular weight is 401 g/mol. The van der Waals surface area contributed by atoms with Gasteiger partial charge in [0.25, 0.3) is 0 Å². The van der Waals surface area contributed by atoms with E-state index >= 15 is 0 Å². The van der Waals surface area contributed by atoms with E-state index in [1.54, 1.807) is 19.1 Å². The second kappa shape index (κ2) is 9.27. The zero-order valence-electron chi connectivity index (χ0n) is 13.8. The number of hydrogen-bond acceptors (Lipinski definition) is 8. The van der Waals surface area contributed by atoms with Gasteiger partial charge in [-0.2, -0.15) is 15.0 Å². The quantitative estimate of drug-likeness (QED) is 0.548. The van der Waals surface area contributed by atoms with E-state index in [0.29, 0.717) is 4.31 Å². The monoisotopic (exact) mass is 400 g/mol. The van der Waals surface area contributed by atoms with Gasteiger partial charge >= 0.3 is 12.0 Å². The Morgan fingerprint density at radius 2 is 2.08 bits per heavy atom. The smallest absolute Gasteiger partial charge is 0.340 e. The molecule has 1 heterocycles. The van der Waals surface area contributed by atoms with E-state index in [0.717, 1.165) is 0 Å². The van der Waals surface area contributed by atoms with Crippen molar-refractivity contribution in [1.29, 1.82) is 0 Å². The first-order valence-corrected chi connectivity index (χ1v) is 8.78. The summed E-state index contributed by atoms with van der Waals surface area (Å²) in [5.41, 5.74) is 0.0150. The Morgan fingerprint density at radius 1 is 1.35 bits per heavy atom. The Kier molecular flexibility index (Phi) is 7.06. The fourth-order valence-corrected chi connectivity index (χ4v) is 2.47. The lowest BCUT2D eigenvalue weighted by Crippen LogP contribution is -2.37. The maximum atomic E-state index is 12.5. The van der Waals surface area contributed by atoms with Gasteiger partial charge in [-0.25, -0.2) is 9.10 Å². The first-order valence-electron chi connectivity index (χ1n) is 7.21. The van der Waals surface area contributed by atoms with Crippen LogP contribution in [-0.4, -0.2) is 49.3 Å². The minimum absolute atomic E-state index is 0.0150. The van der Waals surface area contributed by atoms with Crippen molar-refractivity contribution in [2.75, 3.05) is 29.2 Å². The predicted octanol–water partition coefficient (Wildman–Crippen LogP) is 1.64. The minimum atomic E-state index is -2.93. The van der Waals surface area contributed by atoms with Crippen molar-refractivity contribution in [3.05, 3.63) is 30.1 Å². The number of anilines is 2. The summed E-state index contributed by atoms with van der Waals surface area (Å²) >= 11 is 2.65. The number of para-hydroxylation sites is 2. The molecule has 1 aromatic carbocycles. The number of aryl methyl sites for hydroxylation is 1. The van der Waals surface area contributed by atoms with Crippen molar-refractivity contribution in [3.63, 3.8) is 0 Å². The van der Waals surface area contributed by atoms with Crippen molar-refractivity contribution in [2.45, 2.75) is 6.92 Å². The van der Waals surface area contributed by atoms with Crippen LogP contribution in [0.2, 0.25) is 0 Å². The lowest BCUT2D eigenvalue weighted by molar-refractivity contribution is 0.259. The number of amides is 2. The molecule has 1 unspecified atom stereocenters. The Balaban J connectivity index is 2.32. The van der Waals surface area contributed by atoms with Gasteiger partial charge < -0.3 is 14.0 Å². The lowest BCUT2D eigenvalue weighted by atomic mass is 10.3. The Bertz CT molecular complexity index is 809. The summed E-state index contributed by atoms with van der Waals surface area (Å²) in [6, 6.07) is 5.10. The highest BCUT2D eigenvalue weighted by atomic mass is 35.5. The van der Waals surface area contributed by atoms with Crippen molar-refractivity contribution >= 4 is 40.5 Å². The normalized spacial score (nSPS) is 11.5. The van der Waals surface area contributed by atoms with E-state index in [9.17, 15) is 13.6 Å². The van der Waals surface area contributed by atoms with Crippen molar-refractivity contribution in [1.82, 2.24) is 15.0 Å². The Morgan fingerprint density at radius 3 is 2.73 bits per heavy atom. The fraction of sp³-hybridized carbons (Fsp3) is 0.286. The van der Waals surface area contributed by atoms with Gasteiger partial charge in [0, 0.05) is 0 Å². The van der Waals surface area contributed by atoms with E-state index in [4.69, 9.17) is 21.1 Å². The molecule has 26 heavy (non-hydrogen) atoms. The van der Waals surface area contributed by atoms with Crippen LogP contribution in [0.1, 0.15) is 5.82 Å². The number of ether oxygens (including phenoxy) is 2. The number of benzene rings is 1. The molecular formula is C14H15ClN5O5S-. The third-order valence-electron chi connectivity index (χ3n) is 2.88. The number of carbonyl (C=O) groups excluding carboxylic acids is 1. The van der Waals surface area contributed by atoms with E-state index < -0.39 is 17.3 Å². The highest BCUT2D eigenvalue weighted by Crippen LogP contribution is 2.29. The number of nitrogens with zero attached hydrogens (tertiary/aromatic N) is 4. The van der Waals surface area contributed by atoms with Gasteiger partial charge in [-0.05, 0) is 19.1 Å². The molecule has 0 aliphatic heterocycles. The molecular weight excluding hydrogens is 386 g/mol. The number of hydrogen-bond donors (Lipinski definition) is 1. The van der Waals surface area contributed by atoms with Crippen LogP contribution in [0.3, 0.4) is 0 Å². The standard InChI is InChI=1S/C14H16ClN5O5S/c1-9-16-12(18-13(17-9)24-2)19-14(21)20(26(22)23)10-5-3-4-6-11(10)25-8-7-15/h3-6H,7-8H2,1-2H3,(H,22,23)(H,16,17,18,19,21)/p-1. The average Bonchev–Trinajstić information content (AvgIpc) is 2.60. The Labute approximate surface area is 156 Å². The van der Waals surface area contributed by atoms with Crippen LogP contribution >= 0.6 is 11.6 Å². The molecule has 0 fully saturated rings. The van der Waals surface area contributed by atoms with E-state index in [-0.39, 0.29) is 41.7 Å². The molecule has 1 atom stereocenters. The molecule has 0 radical (unpaired) electrons. The Hall–Kier alpha value is -2.50. The second-order valence-corrected chi connectivity index (χ2v) is 5.82. The molecule has 2 aromatic rings. The molecule has 10 nitrogen and oxygen atoms in total. The van der Waals surface area contributed by atoms with Gasteiger partial charge in [-0.3, -0.25) is 9.53 Å². The highest BCUT2D eigenvalue weighted by molar-refractivity contribution is 7.81. The molecule has 0 spiro atoms. The molecule has 2 amide bonds. The number of aromatic nitrogens is 3.